The molecule has 0 bridgehead atoms. The summed E-state index contributed by atoms with van der Waals surface area (Å²) in [6.45, 7) is 9.74. The molecule has 8 unspecified atom stereocenters. The van der Waals surface area contributed by atoms with E-state index < -0.39 is 0 Å². The third-order valence-corrected chi connectivity index (χ3v) is 26.1. The normalized spacial score (nSPS) is 50.1. The maximum absolute atomic E-state index is 2.44. The number of hydrogen-bond donors (Lipinski definition) is 0. The molecule has 0 aliphatic carbocycles. The molecular formula is C18H30S10. The summed E-state index contributed by atoms with van der Waals surface area (Å²) in [6.07, 6.45) is 0. The first-order valence-corrected chi connectivity index (χ1v) is 19.9. The van der Waals surface area contributed by atoms with Gasteiger partial charge in [0.15, 0.2) is 0 Å². The Bertz CT molecular complexity index is 488. The van der Waals surface area contributed by atoms with E-state index in [2.05, 4.69) is 143 Å². The first kappa shape index (κ1) is 24.6. The van der Waals surface area contributed by atoms with Crippen LogP contribution >= 0.6 is 116 Å². The van der Waals surface area contributed by atoms with Crippen LogP contribution in [0.5, 0.6) is 0 Å². The summed E-state index contributed by atoms with van der Waals surface area (Å²) < 4.78 is 0.692. The Morgan fingerprint density at radius 1 is 0.536 bits per heavy atom. The number of hydrogen-bond acceptors (Lipinski definition) is 10. The van der Waals surface area contributed by atoms with Crippen LogP contribution in [0.3, 0.4) is 0 Å². The number of thioether (sulfide) groups is 8. The number of rotatable bonds is 3. The summed E-state index contributed by atoms with van der Waals surface area (Å²) in [4.78, 5) is 0. The van der Waals surface area contributed by atoms with E-state index in [1.54, 1.807) is 0 Å². The number of fused-ring (bicyclic) bond motifs is 2. The van der Waals surface area contributed by atoms with Gasteiger partial charge >= 0.3 is 0 Å². The highest BCUT2D eigenvalue weighted by molar-refractivity contribution is 8.84. The summed E-state index contributed by atoms with van der Waals surface area (Å²) in [6, 6.07) is 0. The molecule has 0 spiro atoms. The van der Waals surface area contributed by atoms with E-state index in [0.717, 1.165) is 31.5 Å². The zero-order chi connectivity index (χ0) is 19.8. The van der Waals surface area contributed by atoms with Gasteiger partial charge in [-0.2, -0.15) is 47.0 Å². The van der Waals surface area contributed by atoms with Crippen molar-refractivity contribution in [1.29, 1.82) is 0 Å². The Morgan fingerprint density at radius 2 is 0.893 bits per heavy atom. The van der Waals surface area contributed by atoms with Gasteiger partial charge in [0.1, 0.15) is 6.82 Å². The van der Waals surface area contributed by atoms with E-state index in [-0.39, 0.29) is 0 Å². The highest BCUT2D eigenvalue weighted by Crippen LogP contribution is 2.70. The van der Waals surface area contributed by atoms with Gasteiger partial charge in [0, 0.05) is 66.0 Å². The van der Waals surface area contributed by atoms with Gasteiger partial charge in [-0.05, 0) is 0 Å². The highest BCUT2D eigenvalue weighted by atomic mass is 33.1. The molecule has 0 radical (unpaired) electrons. The molecule has 4 heterocycles. The van der Waals surface area contributed by atoms with E-state index in [0.29, 0.717) is 6.82 Å². The van der Waals surface area contributed by atoms with Crippen molar-refractivity contribution in [1.82, 2.24) is 0 Å². The first-order valence-electron chi connectivity index (χ1n) is 9.87. The van der Waals surface area contributed by atoms with Crippen molar-refractivity contribution in [3.63, 3.8) is 0 Å². The van der Waals surface area contributed by atoms with Crippen molar-refractivity contribution in [3.05, 3.63) is 0 Å². The molecule has 0 aromatic rings. The minimum Gasteiger partial charge on any atom is -0.157 e. The van der Waals surface area contributed by atoms with Gasteiger partial charge in [-0.25, -0.2) is 0 Å². The Balaban J connectivity index is 1.52. The van der Waals surface area contributed by atoms with Crippen LogP contribution in [0.15, 0.2) is 0 Å². The molecule has 4 fully saturated rings. The Hall–Kier alpha value is 3.50. The van der Waals surface area contributed by atoms with E-state index >= 15 is 0 Å². The third-order valence-electron chi connectivity index (χ3n) is 5.00. The third kappa shape index (κ3) is 5.76. The molecule has 28 heavy (non-hydrogen) atoms. The summed E-state index contributed by atoms with van der Waals surface area (Å²) >= 11 is 18.2. The molecular weight excluding hydrogens is 537 g/mol. The topological polar surface area (TPSA) is 0 Å². The van der Waals surface area contributed by atoms with Crippen LogP contribution in [0, 0.1) is 0 Å². The fourth-order valence-electron chi connectivity index (χ4n) is 3.40. The van der Waals surface area contributed by atoms with Crippen molar-refractivity contribution in [2.24, 2.45) is 0 Å². The summed E-state index contributed by atoms with van der Waals surface area (Å²) in [7, 11) is 4.57. The smallest absolute Gasteiger partial charge is 0.129 e. The molecule has 162 valence electrons. The molecule has 0 aromatic carbocycles. The van der Waals surface area contributed by atoms with Gasteiger partial charge in [-0.1, -0.05) is 49.3 Å². The van der Waals surface area contributed by atoms with Crippen molar-refractivity contribution < 1.29 is 0 Å². The van der Waals surface area contributed by atoms with E-state index in [4.69, 9.17) is 0 Å². The van der Waals surface area contributed by atoms with Crippen molar-refractivity contribution in [3.8, 4) is 0 Å². The van der Waals surface area contributed by atoms with Gasteiger partial charge in [0.2, 0.25) is 0 Å². The fourth-order valence-corrected chi connectivity index (χ4v) is 23.8. The predicted molar refractivity (Wildman–Crippen MR) is 156 cm³/mol. The zero-order valence-corrected chi connectivity index (χ0v) is 25.0. The largest absolute Gasteiger partial charge is 0.157 e. The molecule has 0 saturated carbocycles. The molecule has 10 heteroatoms. The summed E-state index contributed by atoms with van der Waals surface area (Å²) in [5, 5.41) is 4.75. The molecule has 0 aromatic heterocycles. The monoisotopic (exact) mass is 566 g/mol. The lowest BCUT2D eigenvalue weighted by Gasteiger charge is -2.47. The van der Waals surface area contributed by atoms with Gasteiger partial charge in [0.25, 0.3) is 0 Å². The molecule has 0 amide bonds. The van der Waals surface area contributed by atoms with Gasteiger partial charge in [0.05, 0.1) is 0 Å². The average Bonchev–Trinajstić information content (AvgIpc) is 2.94. The van der Waals surface area contributed by atoms with Crippen LogP contribution in [0.4, 0.5) is 0 Å². The zero-order valence-electron chi connectivity index (χ0n) is 16.8. The van der Waals surface area contributed by atoms with Gasteiger partial charge in [-0.15, -0.1) is 47.0 Å². The molecule has 0 N–H and O–H groups in total. The van der Waals surface area contributed by atoms with Crippen LogP contribution in [0.25, 0.3) is 0 Å². The molecule has 4 rings (SSSR count). The lowest BCUT2D eigenvalue weighted by Crippen LogP contribution is -2.41. The SMILES string of the molecule is CC1CSC2(SSC34SCC(C)SCC3SC(C)CS4)SCC(C)SC2CS1. The maximum Gasteiger partial charge on any atom is 0.129 e. The second-order valence-electron chi connectivity index (χ2n) is 7.78. The van der Waals surface area contributed by atoms with Crippen molar-refractivity contribution >= 4 is 116 Å². The quantitative estimate of drug-likeness (QED) is 0.308. The standard InChI is InChI=1S/C18H30S10/c1-11-5-21-17(15(9-19-11)25-13(3)7-23-17)27-28-18-16(26-14(4)8-24-18)10-20-12(2)6-22-18/h11-16H,5-10H2,1-4H3. The first-order chi connectivity index (χ1) is 13.4. The Labute approximate surface area is 214 Å². The van der Waals surface area contributed by atoms with Crippen LogP contribution in [0.1, 0.15) is 27.7 Å². The minimum absolute atomic E-state index is 0.346. The molecule has 0 nitrogen and oxygen atoms in total. The Kier molecular flexibility index (Phi) is 9.52. The second-order valence-corrected chi connectivity index (χ2v) is 23.2. The van der Waals surface area contributed by atoms with Crippen molar-refractivity contribution in [2.75, 3.05) is 34.5 Å². The molecule has 4 aliphatic heterocycles. The van der Waals surface area contributed by atoms with E-state index in [1.807, 2.05) is 0 Å². The molecule has 8 atom stereocenters. The van der Waals surface area contributed by atoms with Crippen molar-refractivity contribution in [2.45, 2.75) is 66.0 Å². The Morgan fingerprint density at radius 3 is 1.29 bits per heavy atom. The highest BCUT2D eigenvalue weighted by Gasteiger charge is 2.52. The van der Waals surface area contributed by atoms with Gasteiger partial charge in [-0.3, -0.25) is 0 Å². The predicted octanol–water partition coefficient (Wildman–Crippen LogP) is 7.89. The lowest BCUT2D eigenvalue weighted by molar-refractivity contribution is 0.986. The van der Waals surface area contributed by atoms with Crippen LogP contribution < -0.4 is 0 Å². The van der Waals surface area contributed by atoms with E-state index in [9.17, 15) is 0 Å². The lowest BCUT2D eigenvalue weighted by atomic mass is 10.5. The second kappa shape index (κ2) is 10.8. The molecule has 4 aliphatic rings. The maximum atomic E-state index is 2.44. The van der Waals surface area contributed by atoms with Gasteiger partial charge < -0.3 is 0 Å². The average molecular weight is 567 g/mol. The van der Waals surface area contributed by atoms with E-state index in [1.165, 1.54) is 34.5 Å². The fraction of sp³-hybridized carbons (Fsp3) is 1.00. The molecule has 4 saturated heterocycles. The minimum atomic E-state index is 0.346. The van der Waals surface area contributed by atoms with Crippen LogP contribution in [-0.2, 0) is 0 Å². The summed E-state index contributed by atoms with van der Waals surface area (Å²) in [5.41, 5.74) is 0. The van der Waals surface area contributed by atoms with Crippen LogP contribution in [0.2, 0.25) is 0 Å². The van der Waals surface area contributed by atoms with Crippen LogP contribution in [-0.4, -0.2) is 72.8 Å². The summed E-state index contributed by atoms with van der Waals surface area (Å²) in [5.74, 6) is 7.92.